The van der Waals surface area contributed by atoms with Crippen LogP contribution in [0.4, 0.5) is 0 Å². The minimum Gasteiger partial charge on any atom is -0.392 e. The number of rotatable bonds is 3. The summed E-state index contributed by atoms with van der Waals surface area (Å²) in [6.07, 6.45) is 2.30. The van der Waals surface area contributed by atoms with Crippen LogP contribution in [0.3, 0.4) is 0 Å². The average molecular weight is 187 g/mol. The minimum absolute atomic E-state index is 0.194. The van der Waals surface area contributed by atoms with Crippen molar-refractivity contribution in [1.82, 2.24) is 4.90 Å². The van der Waals surface area contributed by atoms with Crippen LogP contribution >= 0.6 is 0 Å². The Morgan fingerprint density at radius 3 is 2.77 bits per heavy atom. The Balaban J connectivity index is 2.37. The molecule has 78 valence electrons. The largest absolute Gasteiger partial charge is 0.392 e. The van der Waals surface area contributed by atoms with Crippen LogP contribution in [0.5, 0.6) is 0 Å². The van der Waals surface area contributed by atoms with Gasteiger partial charge in [-0.05, 0) is 26.2 Å². The smallest absolute Gasteiger partial charge is 0.0667 e. The van der Waals surface area contributed by atoms with Gasteiger partial charge in [-0.25, -0.2) is 0 Å². The van der Waals surface area contributed by atoms with Gasteiger partial charge >= 0.3 is 0 Å². The molecule has 1 rings (SSSR count). The maximum atomic E-state index is 9.49. The van der Waals surface area contributed by atoms with E-state index >= 15 is 0 Å². The van der Waals surface area contributed by atoms with E-state index in [-0.39, 0.29) is 12.2 Å². The molecule has 0 aromatic rings. The Morgan fingerprint density at radius 1 is 1.46 bits per heavy atom. The molecule has 0 aromatic heterocycles. The molecule has 2 N–H and O–H groups in total. The fourth-order valence-corrected chi connectivity index (χ4v) is 1.81. The summed E-state index contributed by atoms with van der Waals surface area (Å²) in [5.74, 6) is 0. The molecule has 3 atom stereocenters. The van der Waals surface area contributed by atoms with Gasteiger partial charge in [0.05, 0.1) is 12.2 Å². The molecule has 0 spiro atoms. The van der Waals surface area contributed by atoms with Crippen molar-refractivity contribution in [2.24, 2.45) is 0 Å². The van der Waals surface area contributed by atoms with Crippen LogP contribution < -0.4 is 0 Å². The second-order valence-electron chi connectivity index (χ2n) is 4.10. The summed E-state index contributed by atoms with van der Waals surface area (Å²) >= 11 is 0. The fraction of sp³-hybridized carbons (Fsp3) is 1.00. The second-order valence-corrected chi connectivity index (χ2v) is 4.10. The second kappa shape index (κ2) is 4.94. The third-order valence-electron chi connectivity index (χ3n) is 2.90. The Kier molecular flexibility index (Phi) is 4.16. The number of hydrogen-bond acceptors (Lipinski definition) is 3. The molecule has 0 aliphatic carbocycles. The first kappa shape index (κ1) is 11.0. The van der Waals surface area contributed by atoms with Gasteiger partial charge in [0.1, 0.15) is 0 Å². The van der Waals surface area contributed by atoms with Crippen LogP contribution in [0.1, 0.15) is 33.1 Å². The van der Waals surface area contributed by atoms with E-state index in [2.05, 4.69) is 11.8 Å². The van der Waals surface area contributed by atoms with Gasteiger partial charge in [-0.1, -0.05) is 6.92 Å². The van der Waals surface area contributed by atoms with Crippen molar-refractivity contribution in [1.29, 1.82) is 0 Å². The molecule has 0 unspecified atom stereocenters. The zero-order valence-electron chi connectivity index (χ0n) is 8.61. The lowest BCUT2D eigenvalue weighted by molar-refractivity contribution is 0.0119. The zero-order chi connectivity index (χ0) is 9.84. The molecule has 0 bridgehead atoms. The lowest BCUT2D eigenvalue weighted by Crippen LogP contribution is -2.47. The van der Waals surface area contributed by atoms with Crippen molar-refractivity contribution >= 4 is 0 Å². The summed E-state index contributed by atoms with van der Waals surface area (Å²) in [6.45, 7) is 5.57. The van der Waals surface area contributed by atoms with Crippen LogP contribution in [-0.4, -0.2) is 46.5 Å². The molecule has 3 heteroatoms. The molecular weight excluding hydrogens is 166 g/mol. The molecule has 0 radical (unpaired) electrons. The van der Waals surface area contributed by atoms with Crippen molar-refractivity contribution in [3.8, 4) is 0 Å². The normalized spacial score (nSPS) is 33.2. The third kappa shape index (κ3) is 3.25. The Labute approximate surface area is 80.4 Å². The van der Waals surface area contributed by atoms with E-state index < -0.39 is 0 Å². The van der Waals surface area contributed by atoms with Crippen molar-refractivity contribution in [3.63, 3.8) is 0 Å². The van der Waals surface area contributed by atoms with Crippen molar-refractivity contribution < 1.29 is 10.2 Å². The number of aliphatic hydroxyl groups is 2. The molecule has 1 heterocycles. The SMILES string of the molecule is CC[C@@H](O)CN1C[C@@H](O)CC[C@@H]1C. The summed E-state index contributed by atoms with van der Waals surface area (Å²) in [6, 6.07) is 0.504. The predicted molar refractivity (Wildman–Crippen MR) is 52.6 cm³/mol. The summed E-state index contributed by atoms with van der Waals surface area (Å²) in [7, 11) is 0. The number of hydrogen-bond donors (Lipinski definition) is 2. The molecule has 0 aromatic carbocycles. The molecular formula is C10H21NO2. The molecule has 1 aliphatic heterocycles. The van der Waals surface area contributed by atoms with Gasteiger partial charge < -0.3 is 10.2 Å². The first-order valence-electron chi connectivity index (χ1n) is 5.23. The summed E-state index contributed by atoms with van der Waals surface area (Å²) in [4.78, 5) is 2.18. The zero-order valence-corrected chi connectivity index (χ0v) is 8.61. The van der Waals surface area contributed by atoms with Crippen LogP contribution in [0.2, 0.25) is 0 Å². The van der Waals surface area contributed by atoms with E-state index in [4.69, 9.17) is 0 Å². The molecule has 0 saturated carbocycles. The van der Waals surface area contributed by atoms with Gasteiger partial charge in [-0.2, -0.15) is 0 Å². The highest BCUT2D eigenvalue weighted by molar-refractivity contribution is 4.79. The molecule has 1 saturated heterocycles. The van der Waals surface area contributed by atoms with Crippen molar-refractivity contribution in [3.05, 3.63) is 0 Å². The quantitative estimate of drug-likeness (QED) is 0.680. The van der Waals surface area contributed by atoms with Crippen molar-refractivity contribution in [2.45, 2.75) is 51.4 Å². The first-order valence-corrected chi connectivity index (χ1v) is 5.23. The first-order chi connectivity index (χ1) is 6.13. The summed E-state index contributed by atoms with van der Waals surface area (Å²) in [5, 5.41) is 19.0. The highest BCUT2D eigenvalue weighted by atomic mass is 16.3. The van der Waals surface area contributed by atoms with Gasteiger partial charge in [0.25, 0.3) is 0 Å². The average Bonchev–Trinajstić information content (AvgIpc) is 2.11. The number of β-amino-alcohol motifs (C(OH)–C–C–N with tert-alkyl or cyclic N) is 2. The topological polar surface area (TPSA) is 43.7 Å². The number of likely N-dealkylation sites (tertiary alicyclic amines) is 1. The molecule has 1 aliphatic rings. The lowest BCUT2D eigenvalue weighted by atomic mass is 10.0. The standard InChI is InChI=1S/C10H21NO2/c1-3-9(12)6-11-7-10(13)5-4-8(11)2/h8-10,12-13H,3-7H2,1-2H3/t8-,9+,10-/m0/s1. The predicted octanol–water partition coefficient (Wildman–Crippen LogP) is 0.602. The van der Waals surface area contributed by atoms with E-state index in [1.54, 1.807) is 0 Å². The van der Waals surface area contributed by atoms with E-state index in [0.717, 1.165) is 25.8 Å². The van der Waals surface area contributed by atoms with E-state index in [1.807, 2.05) is 6.92 Å². The van der Waals surface area contributed by atoms with Gasteiger partial charge in [0.2, 0.25) is 0 Å². The fourth-order valence-electron chi connectivity index (χ4n) is 1.81. The maximum absolute atomic E-state index is 9.49. The van der Waals surface area contributed by atoms with Crippen LogP contribution in [0.15, 0.2) is 0 Å². The van der Waals surface area contributed by atoms with E-state index in [9.17, 15) is 10.2 Å². The third-order valence-corrected chi connectivity index (χ3v) is 2.90. The molecule has 13 heavy (non-hydrogen) atoms. The molecule has 3 nitrogen and oxygen atoms in total. The molecule has 1 fully saturated rings. The van der Waals surface area contributed by atoms with Crippen LogP contribution in [0, 0.1) is 0 Å². The van der Waals surface area contributed by atoms with E-state index in [0.29, 0.717) is 12.6 Å². The van der Waals surface area contributed by atoms with Gasteiger partial charge in [-0.3, -0.25) is 4.90 Å². The maximum Gasteiger partial charge on any atom is 0.0667 e. The Hall–Kier alpha value is -0.120. The van der Waals surface area contributed by atoms with Gasteiger partial charge in [0, 0.05) is 19.1 Å². The van der Waals surface area contributed by atoms with Gasteiger partial charge in [-0.15, -0.1) is 0 Å². The summed E-state index contributed by atoms with van der Waals surface area (Å²) in [5.41, 5.74) is 0. The van der Waals surface area contributed by atoms with Crippen LogP contribution in [0.25, 0.3) is 0 Å². The Bertz CT molecular complexity index is 152. The highest BCUT2D eigenvalue weighted by Crippen LogP contribution is 2.17. The van der Waals surface area contributed by atoms with E-state index in [1.165, 1.54) is 0 Å². The highest BCUT2D eigenvalue weighted by Gasteiger charge is 2.24. The molecule has 0 amide bonds. The summed E-state index contributed by atoms with van der Waals surface area (Å²) < 4.78 is 0. The number of aliphatic hydroxyl groups excluding tert-OH is 2. The van der Waals surface area contributed by atoms with Crippen molar-refractivity contribution in [2.75, 3.05) is 13.1 Å². The number of nitrogens with zero attached hydrogens (tertiary/aromatic N) is 1. The van der Waals surface area contributed by atoms with Crippen LogP contribution in [-0.2, 0) is 0 Å². The monoisotopic (exact) mass is 187 g/mol. The minimum atomic E-state index is -0.243. The number of piperidine rings is 1. The van der Waals surface area contributed by atoms with Gasteiger partial charge in [0.15, 0.2) is 0 Å². The Morgan fingerprint density at radius 2 is 2.15 bits per heavy atom. The lowest BCUT2D eigenvalue weighted by Gasteiger charge is -2.36.